The highest BCUT2D eigenvalue weighted by atomic mass is 32.1. The average molecular weight is 305 g/mol. The second-order valence-corrected chi connectivity index (χ2v) is 5.99. The van der Waals surface area contributed by atoms with Gasteiger partial charge in [-0.1, -0.05) is 0 Å². The van der Waals surface area contributed by atoms with E-state index in [1.54, 1.807) is 17.5 Å². The topological polar surface area (TPSA) is 64.3 Å². The lowest BCUT2D eigenvalue weighted by Gasteiger charge is -2.38. The summed E-state index contributed by atoms with van der Waals surface area (Å²) < 4.78 is 0. The first-order valence-corrected chi connectivity index (χ1v) is 7.91. The highest BCUT2D eigenvalue weighted by Crippen LogP contribution is 2.20. The zero-order valence-electron chi connectivity index (χ0n) is 12.0. The van der Waals surface area contributed by atoms with E-state index in [2.05, 4.69) is 32.6 Å². The molecule has 0 bridgehead atoms. The Morgan fingerprint density at radius 1 is 1.57 bits per heavy atom. The predicted octanol–water partition coefficient (Wildman–Crippen LogP) is 1.67. The van der Waals surface area contributed by atoms with Crippen molar-refractivity contribution in [3.63, 3.8) is 0 Å². The van der Waals surface area contributed by atoms with Crippen molar-refractivity contribution in [2.75, 3.05) is 26.7 Å². The predicted molar refractivity (Wildman–Crippen MR) is 82.1 cm³/mol. The van der Waals surface area contributed by atoms with Crippen molar-refractivity contribution >= 4 is 17.4 Å². The minimum Gasteiger partial charge on any atom is -0.347 e. The molecule has 2 aromatic heterocycles. The van der Waals surface area contributed by atoms with Gasteiger partial charge in [0.25, 0.3) is 0 Å². The number of likely N-dealkylation sites (N-methyl/N-ethyl adjacent to an activating group) is 1. The highest BCUT2D eigenvalue weighted by Gasteiger charge is 2.29. The molecule has 3 rings (SSSR count). The summed E-state index contributed by atoms with van der Waals surface area (Å²) in [5, 5.41) is 7.05. The summed E-state index contributed by atoms with van der Waals surface area (Å²) in [6, 6.07) is 2.15. The van der Waals surface area contributed by atoms with Crippen LogP contribution in [0.3, 0.4) is 0 Å². The first kappa shape index (κ1) is 14.1. The largest absolute Gasteiger partial charge is 0.347 e. The van der Waals surface area contributed by atoms with Gasteiger partial charge in [-0.15, -0.1) is 0 Å². The maximum absolute atomic E-state index is 12.3. The number of thiophene rings is 1. The Bertz CT molecular complexity index is 568. The Hall–Kier alpha value is -1.86. The van der Waals surface area contributed by atoms with Crippen LogP contribution in [0.1, 0.15) is 17.4 Å². The van der Waals surface area contributed by atoms with Crippen LogP contribution < -0.4 is 5.32 Å². The fourth-order valence-corrected chi connectivity index (χ4v) is 3.16. The van der Waals surface area contributed by atoms with Gasteiger partial charge in [-0.25, -0.2) is 9.78 Å². The van der Waals surface area contributed by atoms with Gasteiger partial charge >= 0.3 is 6.03 Å². The molecule has 7 heteroatoms. The zero-order chi connectivity index (χ0) is 14.7. The number of amides is 2. The van der Waals surface area contributed by atoms with Crippen molar-refractivity contribution in [3.8, 4) is 0 Å². The van der Waals surface area contributed by atoms with Crippen LogP contribution in [0.4, 0.5) is 4.79 Å². The van der Waals surface area contributed by atoms with Crippen LogP contribution in [0.15, 0.2) is 29.2 Å². The van der Waals surface area contributed by atoms with Crippen molar-refractivity contribution < 1.29 is 4.79 Å². The van der Waals surface area contributed by atoms with Gasteiger partial charge in [-0.3, -0.25) is 4.90 Å². The maximum atomic E-state index is 12.3. The quantitative estimate of drug-likeness (QED) is 0.906. The molecule has 112 valence electrons. The number of H-pyrrole nitrogens is 1. The standard InChI is InChI=1S/C14H19N5OS/c1-18-5-6-19(9-12(18)13-15-3-4-16-13)14(20)17-8-11-2-7-21-10-11/h2-4,7,10,12H,5-6,8-9H2,1H3,(H,15,16)(H,17,20)/t12-/m0/s1. The lowest BCUT2D eigenvalue weighted by atomic mass is 10.1. The van der Waals surface area contributed by atoms with E-state index in [-0.39, 0.29) is 12.1 Å². The zero-order valence-corrected chi connectivity index (χ0v) is 12.8. The summed E-state index contributed by atoms with van der Waals surface area (Å²) in [4.78, 5) is 23.8. The minimum absolute atomic E-state index is 0.00847. The lowest BCUT2D eigenvalue weighted by Crippen LogP contribution is -2.52. The molecular weight excluding hydrogens is 286 g/mol. The van der Waals surface area contributed by atoms with Gasteiger partial charge in [0.05, 0.1) is 6.04 Å². The van der Waals surface area contributed by atoms with Crippen LogP contribution in [0.25, 0.3) is 0 Å². The summed E-state index contributed by atoms with van der Waals surface area (Å²) in [6.45, 7) is 2.82. The van der Waals surface area contributed by atoms with Crippen LogP contribution in [-0.2, 0) is 6.54 Å². The van der Waals surface area contributed by atoms with Gasteiger partial charge in [0.2, 0.25) is 0 Å². The van der Waals surface area contributed by atoms with E-state index in [0.29, 0.717) is 13.1 Å². The molecule has 0 saturated carbocycles. The van der Waals surface area contributed by atoms with Crippen LogP contribution in [-0.4, -0.2) is 52.5 Å². The number of carbonyl (C=O) groups excluding carboxylic acids is 1. The summed E-state index contributed by atoms with van der Waals surface area (Å²) in [5.41, 5.74) is 1.14. The van der Waals surface area contributed by atoms with Gasteiger partial charge in [0.1, 0.15) is 5.82 Å². The normalized spacial score (nSPS) is 19.7. The molecule has 3 heterocycles. The van der Waals surface area contributed by atoms with E-state index in [1.807, 2.05) is 22.5 Å². The van der Waals surface area contributed by atoms with Crippen LogP contribution in [0.2, 0.25) is 0 Å². The third-order valence-corrected chi connectivity index (χ3v) is 4.53. The van der Waals surface area contributed by atoms with Crippen LogP contribution in [0.5, 0.6) is 0 Å². The fraction of sp³-hybridized carbons (Fsp3) is 0.429. The van der Waals surface area contributed by atoms with Gasteiger partial charge in [0, 0.05) is 38.6 Å². The number of urea groups is 1. The van der Waals surface area contributed by atoms with Gasteiger partial charge in [-0.2, -0.15) is 11.3 Å². The highest BCUT2D eigenvalue weighted by molar-refractivity contribution is 7.07. The first-order valence-electron chi connectivity index (χ1n) is 6.97. The molecule has 6 nitrogen and oxygen atoms in total. The average Bonchev–Trinajstić information content (AvgIpc) is 3.18. The number of rotatable bonds is 3. The van der Waals surface area contributed by atoms with Crippen molar-refractivity contribution in [1.29, 1.82) is 0 Å². The maximum Gasteiger partial charge on any atom is 0.317 e. The number of nitrogens with one attached hydrogen (secondary N) is 2. The van der Waals surface area contributed by atoms with Gasteiger partial charge in [0.15, 0.2) is 0 Å². The van der Waals surface area contributed by atoms with E-state index < -0.39 is 0 Å². The lowest BCUT2D eigenvalue weighted by molar-refractivity contribution is 0.106. The number of imidazole rings is 1. The summed E-state index contributed by atoms with van der Waals surface area (Å²) >= 11 is 1.64. The Morgan fingerprint density at radius 2 is 2.48 bits per heavy atom. The Labute approximate surface area is 127 Å². The minimum atomic E-state index is -0.00847. The molecule has 0 radical (unpaired) electrons. The molecule has 0 spiro atoms. The molecule has 2 aromatic rings. The van der Waals surface area contributed by atoms with E-state index in [9.17, 15) is 4.79 Å². The number of piperazine rings is 1. The molecule has 0 aliphatic carbocycles. The van der Waals surface area contributed by atoms with Crippen molar-refractivity contribution in [3.05, 3.63) is 40.6 Å². The van der Waals surface area contributed by atoms with Crippen molar-refractivity contribution in [2.45, 2.75) is 12.6 Å². The number of carbonyl (C=O) groups is 1. The molecular formula is C14H19N5OS. The number of nitrogens with zero attached hydrogens (tertiary/aromatic N) is 3. The molecule has 0 aromatic carbocycles. The monoisotopic (exact) mass is 305 g/mol. The Kier molecular flexibility index (Phi) is 4.21. The molecule has 1 fully saturated rings. The summed E-state index contributed by atoms with van der Waals surface area (Å²) in [6.07, 6.45) is 3.57. The fourth-order valence-electron chi connectivity index (χ4n) is 2.50. The van der Waals surface area contributed by atoms with Crippen molar-refractivity contribution in [2.24, 2.45) is 0 Å². The first-order chi connectivity index (χ1) is 10.2. The number of aromatic nitrogens is 2. The molecule has 21 heavy (non-hydrogen) atoms. The Balaban J connectivity index is 1.59. The van der Waals surface area contributed by atoms with E-state index in [0.717, 1.165) is 24.5 Å². The third kappa shape index (κ3) is 3.25. The molecule has 0 unspecified atom stereocenters. The third-order valence-electron chi connectivity index (χ3n) is 3.79. The van der Waals surface area contributed by atoms with E-state index in [4.69, 9.17) is 0 Å². The SMILES string of the molecule is CN1CCN(C(=O)NCc2ccsc2)C[C@H]1c1ncc[nH]1. The van der Waals surface area contributed by atoms with E-state index in [1.165, 1.54) is 0 Å². The smallest absolute Gasteiger partial charge is 0.317 e. The molecule has 2 amide bonds. The molecule has 2 N–H and O–H groups in total. The number of aromatic amines is 1. The number of hydrogen-bond donors (Lipinski definition) is 2. The number of hydrogen-bond acceptors (Lipinski definition) is 4. The van der Waals surface area contributed by atoms with Crippen molar-refractivity contribution in [1.82, 2.24) is 25.1 Å². The summed E-state index contributed by atoms with van der Waals surface area (Å²) in [5.74, 6) is 0.910. The molecule has 1 aliphatic rings. The second kappa shape index (κ2) is 6.28. The van der Waals surface area contributed by atoms with Gasteiger partial charge in [-0.05, 0) is 29.4 Å². The van der Waals surface area contributed by atoms with Gasteiger partial charge < -0.3 is 15.2 Å². The van der Waals surface area contributed by atoms with Crippen LogP contribution in [0, 0.1) is 0 Å². The molecule has 1 aliphatic heterocycles. The Morgan fingerprint density at radius 3 is 3.19 bits per heavy atom. The van der Waals surface area contributed by atoms with E-state index >= 15 is 0 Å². The second-order valence-electron chi connectivity index (χ2n) is 5.21. The summed E-state index contributed by atoms with van der Waals surface area (Å²) in [7, 11) is 2.06. The molecule has 1 atom stereocenters. The molecule has 1 saturated heterocycles. The van der Waals surface area contributed by atoms with Crippen LogP contribution >= 0.6 is 11.3 Å².